The van der Waals surface area contributed by atoms with Crippen LogP contribution in [0.3, 0.4) is 0 Å². The van der Waals surface area contributed by atoms with E-state index in [0.29, 0.717) is 17.0 Å². The van der Waals surface area contributed by atoms with Gasteiger partial charge in [-0.2, -0.15) is 0 Å². The Morgan fingerprint density at radius 3 is 2.43 bits per heavy atom. The molecular formula is C17H20N2O3S. The molecule has 0 bridgehead atoms. The van der Waals surface area contributed by atoms with Crippen molar-refractivity contribution in [3.8, 4) is 0 Å². The van der Waals surface area contributed by atoms with Crippen LogP contribution in [-0.2, 0) is 11.2 Å². The minimum Gasteiger partial charge on any atom is -0.480 e. The van der Waals surface area contributed by atoms with E-state index in [-0.39, 0.29) is 5.91 Å². The molecule has 0 aliphatic rings. The van der Waals surface area contributed by atoms with E-state index in [1.54, 1.807) is 6.92 Å². The van der Waals surface area contributed by atoms with Crippen LogP contribution >= 0.6 is 11.3 Å². The third-order valence-electron chi connectivity index (χ3n) is 3.90. The number of hydrogen-bond acceptors (Lipinski definition) is 4. The molecule has 0 fully saturated rings. The summed E-state index contributed by atoms with van der Waals surface area (Å²) in [5.74, 6) is -1.35. The van der Waals surface area contributed by atoms with Crippen molar-refractivity contribution in [3.63, 3.8) is 0 Å². The van der Waals surface area contributed by atoms with Crippen LogP contribution in [-0.4, -0.2) is 39.5 Å². The van der Waals surface area contributed by atoms with Crippen molar-refractivity contribution in [1.82, 2.24) is 9.88 Å². The van der Waals surface area contributed by atoms with Gasteiger partial charge in [-0.15, -0.1) is 11.3 Å². The SMILES string of the molecule is Cc1nc(Cc2ccccc2)sc1C(=O)N(C)C(C)(C)C(=O)O. The van der Waals surface area contributed by atoms with E-state index in [2.05, 4.69) is 4.98 Å². The van der Waals surface area contributed by atoms with Gasteiger partial charge in [0, 0.05) is 13.5 Å². The summed E-state index contributed by atoms with van der Waals surface area (Å²) in [6.07, 6.45) is 0.658. The monoisotopic (exact) mass is 332 g/mol. The smallest absolute Gasteiger partial charge is 0.329 e. The molecule has 122 valence electrons. The van der Waals surface area contributed by atoms with Gasteiger partial charge in [-0.3, -0.25) is 4.79 Å². The molecule has 1 aromatic heterocycles. The molecule has 6 heteroatoms. The first-order chi connectivity index (χ1) is 10.7. The first kappa shape index (κ1) is 17.1. The molecule has 2 aromatic rings. The molecule has 0 atom stereocenters. The molecule has 1 aromatic carbocycles. The number of carboxylic acid groups (broad SMARTS) is 1. The normalized spacial score (nSPS) is 11.3. The first-order valence-electron chi connectivity index (χ1n) is 7.25. The van der Waals surface area contributed by atoms with Crippen LogP contribution in [0, 0.1) is 6.92 Å². The lowest BCUT2D eigenvalue weighted by molar-refractivity contribution is -0.147. The largest absolute Gasteiger partial charge is 0.480 e. The fourth-order valence-electron chi connectivity index (χ4n) is 2.05. The van der Waals surface area contributed by atoms with Crippen molar-refractivity contribution < 1.29 is 14.7 Å². The Kier molecular flexibility index (Phi) is 4.85. The number of benzene rings is 1. The second kappa shape index (κ2) is 6.50. The molecule has 5 nitrogen and oxygen atoms in total. The maximum absolute atomic E-state index is 12.6. The van der Waals surface area contributed by atoms with Gasteiger partial charge in [-0.1, -0.05) is 30.3 Å². The van der Waals surface area contributed by atoms with Crippen LogP contribution in [0.5, 0.6) is 0 Å². The van der Waals surface area contributed by atoms with Crippen molar-refractivity contribution in [2.75, 3.05) is 7.05 Å². The van der Waals surface area contributed by atoms with Gasteiger partial charge in [-0.25, -0.2) is 9.78 Å². The van der Waals surface area contributed by atoms with E-state index in [0.717, 1.165) is 10.6 Å². The van der Waals surface area contributed by atoms with Gasteiger partial charge >= 0.3 is 5.97 Å². The highest BCUT2D eigenvalue weighted by Gasteiger charge is 2.36. The third-order valence-corrected chi connectivity index (χ3v) is 5.05. The topological polar surface area (TPSA) is 70.5 Å². The second-order valence-corrected chi connectivity index (χ2v) is 7.00. The highest BCUT2D eigenvalue weighted by Crippen LogP contribution is 2.25. The molecule has 0 saturated heterocycles. The molecular weight excluding hydrogens is 312 g/mol. The molecule has 0 unspecified atom stereocenters. The van der Waals surface area contributed by atoms with Crippen LogP contribution in [0.4, 0.5) is 0 Å². The first-order valence-corrected chi connectivity index (χ1v) is 8.07. The van der Waals surface area contributed by atoms with Gasteiger partial charge in [0.1, 0.15) is 10.4 Å². The Morgan fingerprint density at radius 1 is 1.26 bits per heavy atom. The number of amides is 1. The minimum atomic E-state index is -1.27. The summed E-state index contributed by atoms with van der Waals surface area (Å²) in [5, 5.41) is 10.1. The van der Waals surface area contributed by atoms with Gasteiger partial charge in [0.25, 0.3) is 5.91 Å². The van der Waals surface area contributed by atoms with E-state index in [9.17, 15) is 14.7 Å². The average molecular weight is 332 g/mol. The average Bonchev–Trinajstić information content (AvgIpc) is 2.87. The van der Waals surface area contributed by atoms with E-state index < -0.39 is 11.5 Å². The predicted molar refractivity (Wildman–Crippen MR) is 89.9 cm³/mol. The summed E-state index contributed by atoms with van der Waals surface area (Å²) in [6, 6.07) is 9.90. The van der Waals surface area contributed by atoms with E-state index >= 15 is 0 Å². The molecule has 0 spiro atoms. The molecule has 23 heavy (non-hydrogen) atoms. The lowest BCUT2D eigenvalue weighted by Crippen LogP contribution is -2.50. The molecule has 0 aliphatic heterocycles. The van der Waals surface area contributed by atoms with Crippen LogP contribution in [0.2, 0.25) is 0 Å². The number of carboxylic acids is 1. The fraction of sp³-hybridized carbons (Fsp3) is 0.353. The maximum atomic E-state index is 12.6. The van der Waals surface area contributed by atoms with Crippen LogP contribution in [0.15, 0.2) is 30.3 Å². The van der Waals surface area contributed by atoms with Crippen LogP contribution in [0.1, 0.15) is 39.8 Å². The van der Waals surface area contributed by atoms with Crippen molar-refractivity contribution in [2.45, 2.75) is 32.7 Å². The number of thiazole rings is 1. The number of carbonyl (C=O) groups excluding carboxylic acids is 1. The molecule has 0 saturated carbocycles. The fourth-order valence-corrected chi connectivity index (χ4v) is 3.12. The predicted octanol–water partition coefficient (Wildman–Crippen LogP) is 2.98. The summed E-state index contributed by atoms with van der Waals surface area (Å²) in [6.45, 7) is 4.79. The number of aliphatic carboxylic acids is 1. The molecule has 1 amide bonds. The Balaban J connectivity index is 2.24. The zero-order valence-corrected chi connectivity index (χ0v) is 14.5. The zero-order chi connectivity index (χ0) is 17.2. The van der Waals surface area contributed by atoms with Gasteiger partial charge in [0.15, 0.2) is 0 Å². The standard InChI is InChI=1S/C17H20N2O3S/c1-11-14(15(20)19(4)17(2,3)16(21)22)23-13(18-11)10-12-8-6-5-7-9-12/h5-9H,10H2,1-4H3,(H,21,22). The van der Waals surface area contributed by atoms with Crippen LogP contribution < -0.4 is 0 Å². The third kappa shape index (κ3) is 3.59. The number of rotatable bonds is 5. The molecule has 0 radical (unpaired) electrons. The van der Waals surface area contributed by atoms with E-state index in [1.165, 1.54) is 37.1 Å². The Labute approximate surface area is 139 Å². The summed E-state index contributed by atoms with van der Waals surface area (Å²) in [5.41, 5.74) is 0.492. The Hall–Kier alpha value is -2.21. The van der Waals surface area contributed by atoms with Crippen molar-refractivity contribution in [1.29, 1.82) is 0 Å². The molecule has 2 rings (SSSR count). The Bertz CT molecular complexity index is 723. The summed E-state index contributed by atoms with van der Waals surface area (Å²) >= 11 is 1.32. The molecule has 1 heterocycles. The Morgan fingerprint density at radius 2 is 1.87 bits per heavy atom. The lowest BCUT2D eigenvalue weighted by Gasteiger charge is -2.31. The second-order valence-electron chi connectivity index (χ2n) is 5.91. The van der Waals surface area contributed by atoms with Crippen LogP contribution in [0.25, 0.3) is 0 Å². The number of hydrogen-bond donors (Lipinski definition) is 1. The van der Waals surface area contributed by atoms with E-state index in [4.69, 9.17) is 0 Å². The van der Waals surface area contributed by atoms with Gasteiger partial charge in [0.05, 0.1) is 10.7 Å². The number of aromatic nitrogens is 1. The number of nitrogens with zero attached hydrogens (tertiary/aromatic N) is 2. The molecule has 0 aliphatic carbocycles. The minimum absolute atomic E-state index is 0.313. The summed E-state index contributed by atoms with van der Waals surface area (Å²) in [4.78, 5) is 30.1. The summed E-state index contributed by atoms with van der Waals surface area (Å²) in [7, 11) is 1.51. The maximum Gasteiger partial charge on any atom is 0.329 e. The van der Waals surface area contributed by atoms with Crippen molar-refractivity contribution in [3.05, 3.63) is 51.5 Å². The molecule has 1 N–H and O–H groups in total. The number of likely N-dealkylation sites (N-methyl/N-ethyl adjacent to an activating group) is 1. The van der Waals surface area contributed by atoms with Gasteiger partial charge < -0.3 is 10.0 Å². The highest BCUT2D eigenvalue weighted by atomic mass is 32.1. The quantitative estimate of drug-likeness (QED) is 0.914. The summed E-state index contributed by atoms with van der Waals surface area (Å²) < 4.78 is 0. The lowest BCUT2D eigenvalue weighted by atomic mass is 10.0. The van der Waals surface area contributed by atoms with E-state index in [1.807, 2.05) is 30.3 Å². The van der Waals surface area contributed by atoms with Gasteiger partial charge in [0.2, 0.25) is 0 Å². The number of aryl methyl sites for hydroxylation is 1. The van der Waals surface area contributed by atoms with Crippen molar-refractivity contribution >= 4 is 23.2 Å². The van der Waals surface area contributed by atoms with Gasteiger partial charge in [-0.05, 0) is 26.3 Å². The zero-order valence-electron chi connectivity index (χ0n) is 13.7. The van der Waals surface area contributed by atoms with Crippen molar-refractivity contribution in [2.24, 2.45) is 0 Å². The highest BCUT2D eigenvalue weighted by molar-refractivity contribution is 7.13. The number of carbonyl (C=O) groups is 2.